The van der Waals surface area contributed by atoms with Crippen LogP contribution in [0.25, 0.3) is 0 Å². The molecule has 3 N–H and O–H groups in total. The third-order valence-corrected chi connectivity index (χ3v) is 10.5. The Kier molecular flexibility index (Phi) is 13.6. The molecular formula is C36H47FN4O8S. The fourth-order valence-corrected chi connectivity index (χ4v) is 6.75. The molecule has 0 radical (unpaired) electrons. The van der Waals surface area contributed by atoms with Crippen molar-refractivity contribution in [3.05, 3.63) is 78.1 Å². The van der Waals surface area contributed by atoms with E-state index in [-0.39, 0.29) is 42.2 Å². The second-order valence-electron chi connectivity index (χ2n) is 12.6. The van der Waals surface area contributed by atoms with Crippen LogP contribution in [0.2, 0.25) is 0 Å². The van der Waals surface area contributed by atoms with Gasteiger partial charge in [-0.05, 0) is 99.8 Å². The van der Waals surface area contributed by atoms with Crippen molar-refractivity contribution in [2.45, 2.75) is 63.2 Å². The lowest BCUT2D eigenvalue weighted by molar-refractivity contribution is -0.00834. The van der Waals surface area contributed by atoms with Crippen molar-refractivity contribution in [3.63, 3.8) is 0 Å². The number of benzene rings is 3. The minimum absolute atomic E-state index is 0.0239. The summed E-state index contributed by atoms with van der Waals surface area (Å²) in [4.78, 5) is 28.7. The molecule has 0 saturated carbocycles. The van der Waals surface area contributed by atoms with Crippen molar-refractivity contribution in [1.29, 1.82) is 0 Å². The third kappa shape index (κ3) is 10.2. The molecule has 0 spiro atoms. The Morgan fingerprint density at radius 2 is 1.72 bits per heavy atom. The topological polar surface area (TPSA) is 147 Å². The van der Waals surface area contributed by atoms with Gasteiger partial charge in [-0.2, -0.15) is 4.31 Å². The van der Waals surface area contributed by atoms with Crippen LogP contribution in [0.1, 0.15) is 50.4 Å². The van der Waals surface area contributed by atoms with Gasteiger partial charge in [0.15, 0.2) is 0 Å². The third-order valence-electron chi connectivity index (χ3n) is 8.62. The van der Waals surface area contributed by atoms with Crippen molar-refractivity contribution in [1.82, 2.24) is 9.21 Å². The van der Waals surface area contributed by atoms with E-state index in [1.165, 1.54) is 28.4 Å². The van der Waals surface area contributed by atoms with E-state index in [0.717, 1.165) is 18.6 Å². The number of nitrogens with zero attached hydrogens (tertiary/aromatic N) is 2. The summed E-state index contributed by atoms with van der Waals surface area (Å²) in [7, 11) is -0.976. The number of urea groups is 1. The van der Waals surface area contributed by atoms with E-state index in [4.69, 9.17) is 14.2 Å². The summed E-state index contributed by atoms with van der Waals surface area (Å²) in [5.74, 6) is -0.393. The first-order chi connectivity index (χ1) is 23.8. The minimum Gasteiger partial charge on any atom is -0.497 e. The van der Waals surface area contributed by atoms with Crippen LogP contribution in [0.3, 0.4) is 0 Å². The van der Waals surface area contributed by atoms with Crippen LogP contribution in [0.5, 0.6) is 11.5 Å². The smallest absolute Gasteiger partial charge is 0.323 e. The summed E-state index contributed by atoms with van der Waals surface area (Å²) in [6.07, 6.45) is 1.24. The van der Waals surface area contributed by atoms with Crippen molar-refractivity contribution >= 4 is 33.3 Å². The van der Waals surface area contributed by atoms with E-state index in [0.29, 0.717) is 42.3 Å². The van der Waals surface area contributed by atoms with Crippen molar-refractivity contribution in [2.24, 2.45) is 5.92 Å². The van der Waals surface area contributed by atoms with Crippen LogP contribution in [0, 0.1) is 11.7 Å². The molecule has 3 aromatic carbocycles. The van der Waals surface area contributed by atoms with Gasteiger partial charge in [0.2, 0.25) is 10.0 Å². The van der Waals surface area contributed by atoms with E-state index in [1.807, 2.05) is 13.8 Å². The average Bonchev–Trinajstić information content (AvgIpc) is 3.09. The largest absolute Gasteiger partial charge is 0.497 e. The van der Waals surface area contributed by atoms with Gasteiger partial charge in [0.1, 0.15) is 17.3 Å². The molecule has 0 fully saturated rings. The molecule has 4 rings (SSSR count). The fourth-order valence-electron chi connectivity index (χ4n) is 5.57. The van der Waals surface area contributed by atoms with Crippen molar-refractivity contribution in [2.75, 3.05) is 51.1 Å². The zero-order chi connectivity index (χ0) is 36.4. The summed E-state index contributed by atoms with van der Waals surface area (Å²) < 4.78 is 59.1. The molecule has 0 aromatic heterocycles. The normalized spacial score (nSPS) is 19.9. The molecular weight excluding hydrogens is 667 g/mol. The number of likely N-dealkylation sites (N-methyl/N-ethyl adjacent to an activating group) is 1. The number of methoxy groups -OCH3 is 1. The first kappa shape index (κ1) is 38.6. The van der Waals surface area contributed by atoms with Crippen LogP contribution >= 0.6 is 0 Å². The summed E-state index contributed by atoms with van der Waals surface area (Å²) >= 11 is 0. The van der Waals surface area contributed by atoms with Crippen LogP contribution in [0.15, 0.2) is 71.6 Å². The number of nitrogens with one attached hydrogen (secondary N) is 2. The molecule has 12 nitrogen and oxygen atoms in total. The zero-order valence-corrected chi connectivity index (χ0v) is 29.9. The Bertz CT molecular complexity index is 1690. The maximum atomic E-state index is 14.4. The number of ether oxygens (including phenoxy) is 3. The van der Waals surface area contributed by atoms with Gasteiger partial charge in [0.25, 0.3) is 5.91 Å². The molecule has 50 heavy (non-hydrogen) atoms. The lowest BCUT2D eigenvalue weighted by Crippen LogP contribution is -2.48. The maximum Gasteiger partial charge on any atom is 0.323 e. The Morgan fingerprint density at radius 1 is 1.06 bits per heavy atom. The number of carbonyl (C=O) groups excluding carboxylic acids is 2. The number of aliphatic hydroxyl groups excluding tert-OH is 1. The number of anilines is 2. The van der Waals surface area contributed by atoms with Gasteiger partial charge < -0.3 is 34.9 Å². The van der Waals surface area contributed by atoms with Crippen LogP contribution in [-0.2, 0) is 14.8 Å². The number of halogens is 1. The highest BCUT2D eigenvalue weighted by molar-refractivity contribution is 7.89. The SMILES string of the molecule is COc1ccc(NC(=O)Nc2ccc3c(c2)C(=O)N([C@H](C)CO)C[C@H](C)[C@@H](CN(C)S(=O)(=O)c2ccc(F)cc2)OCCCC[C@H](C)O3)cc1. The highest BCUT2D eigenvalue weighted by Crippen LogP contribution is 2.29. The molecule has 4 atom stereocenters. The van der Waals surface area contributed by atoms with E-state index < -0.39 is 39.9 Å². The van der Waals surface area contributed by atoms with Gasteiger partial charge in [-0.25, -0.2) is 17.6 Å². The van der Waals surface area contributed by atoms with Crippen LogP contribution in [-0.4, -0.2) is 93.4 Å². The second kappa shape index (κ2) is 17.6. The number of carbonyl (C=O) groups is 2. The molecule has 0 bridgehead atoms. The summed E-state index contributed by atoms with van der Waals surface area (Å²) in [5.41, 5.74) is 1.08. The molecule has 3 aromatic rings. The van der Waals surface area contributed by atoms with Gasteiger partial charge in [0, 0.05) is 44.0 Å². The number of amides is 3. The number of hydrogen-bond acceptors (Lipinski definition) is 8. The zero-order valence-electron chi connectivity index (χ0n) is 29.1. The first-order valence-corrected chi connectivity index (χ1v) is 18.0. The van der Waals surface area contributed by atoms with Crippen molar-refractivity contribution in [3.8, 4) is 11.5 Å². The summed E-state index contributed by atoms with van der Waals surface area (Å²) in [6, 6.07) is 15.1. The van der Waals surface area contributed by atoms with Gasteiger partial charge in [-0.15, -0.1) is 0 Å². The number of rotatable bonds is 9. The average molecular weight is 715 g/mol. The Balaban J connectivity index is 1.61. The monoisotopic (exact) mass is 714 g/mol. The van der Waals surface area contributed by atoms with Gasteiger partial charge in [0.05, 0.1) is 42.4 Å². The number of hydrogen-bond donors (Lipinski definition) is 3. The van der Waals surface area contributed by atoms with Gasteiger partial charge in [-0.3, -0.25) is 4.79 Å². The molecule has 0 unspecified atom stereocenters. The predicted octanol–water partition coefficient (Wildman–Crippen LogP) is 5.59. The predicted molar refractivity (Wildman–Crippen MR) is 189 cm³/mol. The highest BCUT2D eigenvalue weighted by atomic mass is 32.2. The Morgan fingerprint density at radius 3 is 2.38 bits per heavy atom. The van der Waals surface area contributed by atoms with E-state index in [2.05, 4.69) is 10.6 Å². The summed E-state index contributed by atoms with van der Waals surface area (Å²) in [5, 5.41) is 15.7. The van der Waals surface area contributed by atoms with E-state index in [9.17, 15) is 27.5 Å². The van der Waals surface area contributed by atoms with Crippen molar-refractivity contribution < 1.29 is 41.7 Å². The number of aliphatic hydroxyl groups is 1. The molecule has 1 aliphatic heterocycles. The lowest BCUT2D eigenvalue weighted by atomic mass is 10.0. The van der Waals surface area contributed by atoms with E-state index in [1.54, 1.807) is 56.5 Å². The molecule has 1 heterocycles. The number of sulfonamides is 1. The fraction of sp³-hybridized carbons (Fsp3) is 0.444. The summed E-state index contributed by atoms with van der Waals surface area (Å²) in [6.45, 7) is 5.59. The molecule has 0 saturated heterocycles. The molecule has 272 valence electrons. The maximum absolute atomic E-state index is 14.4. The Labute approximate surface area is 293 Å². The quantitative estimate of drug-likeness (QED) is 0.260. The van der Waals surface area contributed by atoms with Crippen LogP contribution < -0.4 is 20.1 Å². The molecule has 14 heteroatoms. The van der Waals surface area contributed by atoms with Gasteiger partial charge in [-0.1, -0.05) is 6.92 Å². The van der Waals surface area contributed by atoms with Gasteiger partial charge >= 0.3 is 6.03 Å². The van der Waals surface area contributed by atoms with Crippen LogP contribution in [0.4, 0.5) is 20.6 Å². The molecule has 1 aliphatic rings. The molecule has 3 amide bonds. The standard InChI is InChI=1S/C36H47FN4O8S/c1-24-21-41(25(2)23-42)35(43)32-20-29(39-36(44)38-28-11-14-30(47-5)15-12-28)13-18-33(32)49-26(3)8-6-7-19-48-34(24)22-40(4)50(45,46)31-16-9-27(37)10-17-31/h9-18,20,24-26,34,42H,6-8,19,21-23H2,1-5H3,(H2,38,39,44)/t24-,25+,26-,34+/m0/s1. The highest BCUT2D eigenvalue weighted by Gasteiger charge is 2.32. The van der Waals surface area contributed by atoms with E-state index >= 15 is 0 Å². The molecule has 0 aliphatic carbocycles. The second-order valence-corrected chi connectivity index (χ2v) is 14.6. The lowest BCUT2D eigenvalue weighted by Gasteiger charge is -2.35. The first-order valence-electron chi connectivity index (χ1n) is 16.6. The Hall–Kier alpha value is -4.24. The minimum atomic E-state index is -3.97. The number of fused-ring (bicyclic) bond motifs is 1.